The maximum atomic E-state index is 12.1. The molecule has 1 aliphatic heterocycles. The van der Waals surface area contributed by atoms with E-state index in [0.717, 1.165) is 19.0 Å². The first-order valence-corrected chi connectivity index (χ1v) is 7.49. The standard InChI is InChI=1S/C15H21N3O5/c1-15(2,3)23-14(19)17-8-4-5-11(10-17)22-13-6-7-16-9-12(13)18(20)21/h6-7,9,11H,4-5,8,10H2,1-3H3/t11-/m0/s1. The van der Waals surface area contributed by atoms with Gasteiger partial charge in [0.25, 0.3) is 0 Å². The highest BCUT2D eigenvalue weighted by Crippen LogP contribution is 2.28. The van der Waals surface area contributed by atoms with E-state index in [2.05, 4.69) is 4.98 Å². The first-order valence-electron chi connectivity index (χ1n) is 7.49. The van der Waals surface area contributed by atoms with E-state index in [4.69, 9.17) is 9.47 Å². The molecule has 0 spiro atoms. The van der Waals surface area contributed by atoms with E-state index >= 15 is 0 Å². The number of nitrogens with zero attached hydrogens (tertiary/aromatic N) is 3. The van der Waals surface area contributed by atoms with Crippen molar-refractivity contribution in [2.24, 2.45) is 0 Å². The van der Waals surface area contributed by atoms with E-state index in [1.54, 1.807) is 4.90 Å². The van der Waals surface area contributed by atoms with Crippen molar-refractivity contribution in [1.82, 2.24) is 9.88 Å². The number of likely N-dealkylation sites (tertiary alicyclic amines) is 1. The number of rotatable bonds is 3. The van der Waals surface area contributed by atoms with Crippen LogP contribution in [-0.4, -0.2) is 45.7 Å². The Kier molecular flexibility index (Phi) is 5.02. The summed E-state index contributed by atoms with van der Waals surface area (Å²) < 4.78 is 11.1. The van der Waals surface area contributed by atoms with E-state index < -0.39 is 16.6 Å². The van der Waals surface area contributed by atoms with Crippen LogP contribution in [0.4, 0.5) is 10.5 Å². The molecule has 0 radical (unpaired) electrons. The van der Waals surface area contributed by atoms with Crippen LogP contribution in [0.3, 0.4) is 0 Å². The molecule has 0 aromatic carbocycles. The zero-order valence-electron chi connectivity index (χ0n) is 13.5. The van der Waals surface area contributed by atoms with Crippen LogP contribution in [0.1, 0.15) is 33.6 Å². The van der Waals surface area contributed by atoms with Crippen molar-refractivity contribution in [3.63, 3.8) is 0 Å². The van der Waals surface area contributed by atoms with E-state index in [9.17, 15) is 14.9 Å². The molecule has 1 aliphatic rings. The van der Waals surface area contributed by atoms with Gasteiger partial charge in [0, 0.05) is 18.8 Å². The SMILES string of the molecule is CC(C)(C)OC(=O)N1CCC[C@H](Oc2ccncc2[N+](=O)[O-])C1. The Morgan fingerprint density at radius 3 is 2.87 bits per heavy atom. The van der Waals surface area contributed by atoms with Crippen molar-refractivity contribution >= 4 is 11.8 Å². The normalized spacial score (nSPS) is 18.4. The number of amides is 1. The lowest BCUT2D eigenvalue weighted by Crippen LogP contribution is -2.46. The summed E-state index contributed by atoms with van der Waals surface area (Å²) in [6, 6.07) is 1.46. The number of pyridine rings is 1. The van der Waals surface area contributed by atoms with Crippen molar-refractivity contribution in [3.8, 4) is 5.75 Å². The minimum absolute atomic E-state index is 0.168. The molecule has 1 saturated heterocycles. The molecule has 1 atom stereocenters. The number of hydrogen-bond acceptors (Lipinski definition) is 6. The third-order valence-corrected chi connectivity index (χ3v) is 3.28. The molecule has 0 N–H and O–H groups in total. The highest BCUT2D eigenvalue weighted by Gasteiger charge is 2.29. The number of hydrogen-bond donors (Lipinski definition) is 0. The van der Waals surface area contributed by atoms with Crippen LogP contribution >= 0.6 is 0 Å². The summed E-state index contributed by atoms with van der Waals surface area (Å²) in [7, 11) is 0. The summed E-state index contributed by atoms with van der Waals surface area (Å²) in [6.45, 7) is 6.36. The first-order chi connectivity index (χ1) is 10.8. The van der Waals surface area contributed by atoms with Gasteiger partial charge in [0.05, 0.1) is 11.5 Å². The van der Waals surface area contributed by atoms with Gasteiger partial charge in [-0.3, -0.25) is 15.1 Å². The van der Waals surface area contributed by atoms with Gasteiger partial charge in [-0.15, -0.1) is 0 Å². The Morgan fingerprint density at radius 1 is 1.48 bits per heavy atom. The van der Waals surface area contributed by atoms with Crippen molar-refractivity contribution in [2.45, 2.75) is 45.3 Å². The summed E-state index contributed by atoms with van der Waals surface area (Å²) in [5.41, 5.74) is -0.740. The summed E-state index contributed by atoms with van der Waals surface area (Å²) >= 11 is 0. The predicted octanol–water partition coefficient (Wildman–Crippen LogP) is 2.77. The van der Waals surface area contributed by atoms with E-state index in [1.165, 1.54) is 12.3 Å². The summed E-state index contributed by atoms with van der Waals surface area (Å²) in [5, 5.41) is 11.0. The number of piperidine rings is 1. The van der Waals surface area contributed by atoms with E-state index in [0.29, 0.717) is 13.1 Å². The maximum absolute atomic E-state index is 12.1. The van der Waals surface area contributed by atoms with Gasteiger partial charge in [-0.05, 0) is 33.6 Å². The van der Waals surface area contributed by atoms with Gasteiger partial charge in [-0.2, -0.15) is 0 Å². The fourth-order valence-electron chi connectivity index (χ4n) is 2.32. The fourth-order valence-corrected chi connectivity index (χ4v) is 2.32. The van der Waals surface area contributed by atoms with Crippen LogP contribution in [0.25, 0.3) is 0 Å². The Labute approximate surface area is 134 Å². The van der Waals surface area contributed by atoms with Crippen LogP contribution < -0.4 is 4.74 Å². The minimum atomic E-state index is -0.561. The summed E-state index contributed by atoms with van der Waals surface area (Å²) in [4.78, 5) is 27.9. The quantitative estimate of drug-likeness (QED) is 0.627. The lowest BCUT2D eigenvalue weighted by Gasteiger charge is -2.34. The lowest BCUT2D eigenvalue weighted by molar-refractivity contribution is -0.386. The second-order valence-corrected chi connectivity index (χ2v) is 6.41. The van der Waals surface area contributed by atoms with Gasteiger partial charge in [-0.1, -0.05) is 0 Å². The van der Waals surface area contributed by atoms with Gasteiger partial charge < -0.3 is 14.4 Å². The third-order valence-electron chi connectivity index (χ3n) is 3.28. The third kappa shape index (κ3) is 4.80. The molecule has 2 heterocycles. The van der Waals surface area contributed by atoms with E-state index in [1.807, 2.05) is 20.8 Å². The van der Waals surface area contributed by atoms with Gasteiger partial charge in [0.2, 0.25) is 5.75 Å². The van der Waals surface area contributed by atoms with Crippen molar-refractivity contribution < 1.29 is 19.2 Å². The van der Waals surface area contributed by atoms with Gasteiger partial charge >= 0.3 is 11.8 Å². The van der Waals surface area contributed by atoms with E-state index in [-0.39, 0.29) is 17.5 Å². The average molecular weight is 323 g/mol. The predicted molar refractivity (Wildman–Crippen MR) is 82.3 cm³/mol. The molecule has 126 valence electrons. The Morgan fingerprint density at radius 2 is 2.22 bits per heavy atom. The van der Waals surface area contributed by atoms with Gasteiger partial charge in [0.15, 0.2) is 0 Å². The Hall–Kier alpha value is -2.38. The Bertz CT molecular complexity index is 585. The molecule has 0 unspecified atom stereocenters. The number of carbonyl (C=O) groups is 1. The van der Waals surface area contributed by atoms with Crippen LogP contribution in [0.15, 0.2) is 18.5 Å². The molecule has 0 aliphatic carbocycles. The molecule has 1 amide bonds. The monoisotopic (exact) mass is 323 g/mol. The Balaban J connectivity index is 2.02. The molecule has 1 aromatic rings. The van der Waals surface area contributed by atoms with Crippen molar-refractivity contribution in [3.05, 3.63) is 28.6 Å². The zero-order chi connectivity index (χ0) is 17.0. The second-order valence-electron chi connectivity index (χ2n) is 6.41. The fraction of sp³-hybridized carbons (Fsp3) is 0.600. The number of nitro groups is 1. The number of aromatic nitrogens is 1. The van der Waals surface area contributed by atoms with Crippen LogP contribution in [-0.2, 0) is 4.74 Å². The van der Waals surface area contributed by atoms with Crippen LogP contribution in [0, 0.1) is 10.1 Å². The molecule has 1 fully saturated rings. The molecule has 0 bridgehead atoms. The molecular formula is C15H21N3O5. The highest BCUT2D eigenvalue weighted by molar-refractivity contribution is 5.68. The zero-order valence-corrected chi connectivity index (χ0v) is 13.5. The van der Waals surface area contributed by atoms with Gasteiger partial charge in [-0.25, -0.2) is 4.79 Å². The molecule has 8 nitrogen and oxygen atoms in total. The van der Waals surface area contributed by atoms with Crippen molar-refractivity contribution in [1.29, 1.82) is 0 Å². The minimum Gasteiger partial charge on any atom is -0.482 e. The molecule has 23 heavy (non-hydrogen) atoms. The van der Waals surface area contributed by atoms with Gasteiger partial charge in [0.1, 0.15) is 17.9 Å². The molecule has 0 saturated carbocycles. The number of ether oxygens (including phenoxy) is 2. The van der Waals surface area contributed by atoms with Crippen molar-refractivity contribution in [2.75, 3.05) is 13.1 Å². The smallest absolute Gasteiger partial charge is 0.410 e. The largest absolute Gasteiger partial charge is 0.482 e. The topological polar surface area (TPSA) is 94.8 Å². The second kappa shape index (κ2) is 6.80. The maximum Gasteiger partial charge on any atom is 0.410 e. The van der Waals surface area contributed by atoms with Crippen LogP contribution in [0.2, 0.25) is 0 Å². The summed E-state index contributed by atoms with van der Waals surface area (Å²) in [5.74, 6) is 0.168. The molecule has 2 rings (SSSR count). The first kappa shape index (κ1) is 17.0. The molecule has 1 aromatic heterocycles. The number of carbonyl (C=O) groups excluding carboxylic acids is 1. The lowest BCUT2D eigenvalue weighted by atomic mass is 10.1. The molecular weight excluding hydrogens is 302 g/mol. The average Bonchev–Trinajstić information content (AvgIpc) is 2.46. The van der Waals surface area contributed by atoms with Crippen LogP contribution in [0.5, 0.6) is 5.75 Å². The summed E-state index contributed by atoms with van der Waals surface area (Å²) in [6.07, 6.45) is 3.37. The highest BCUT2D eigenvalue weighted by atomic mass is 16.6. The molecule has 8 heteroatoms.